The molecule has 2 rings (SSSR count). The Balaban J connectivity index is 1.92. The number of halogens is 2. The standard InChI is InChI=1S/C17H20F2N2O5/c1-20(10-14(22)21-7-5-11(6-8-21)16(24)25)15(23)12-3-2-4-13(9-12)26-17(18)19/h2-4,9,11,17H,5-8,10H2,1H3,(H,24,25). The Morgan fingerprint density at radius 1 is 1.31 bits per heavy atom. The van der Waals surface area contributed by atoms with Gasteiger partial charge < -0.3 is 19.6 Å². The molecule has 7 nitrogen and oxygen atoms in total. The SMILES string of the molecule is CN(CC(=O)N1CCC(C(=O)O)CC1)C(=O)c1cccc(OC(F)F)c1. The Morgan fingerprint density at radius 2 is 1.96 bits per heavy atom. The molecule has 1 fully saturated rings. The van der Waals surface area contributed by atoms with E-state index < -0.39 is 24.4 Å². The van der Waals surface area contributed by atoms with Crippen molar-refractivity contribution in [2.45, 2.75) is 19.5 Å². The predicted molar refractivity (Wildman–Crippen MR) is 87.0 cm³/mol. The fourth-order valence-electron chi connectivity index (χ4n) is 2.78. The third kappa shape index (κ3) is 5.14. The Labute approximate surface area is 149 Å². The van der Waals surface area contributed by atoms with Gasteiger partial charge >= 0.3 is 12.6 Å². The molecular weight excluding hydrogens is 350 g/mol. The van der Waals surface area contributed by atoms with Crippen LogP contribution in [0.3, 0.4) is 0 Å². The summed E-state index contributed by atoms with van der Waals surface area (Å²) >= 11 is 0. The first-order valence-corrected chi connectivity index (χ1v) is 8.09. The second-order valence-corrected chi connectivity index (χ2v) is 6.06. The average molecular weight is 370 g/mol. The summed E-state index contributed by atoms with van der Waals surface area (Å²) in [6.07, 6.45) is 0.761. The average Bonchev–Trinajstić information content (AvgIpc) is 2.60. The fraction of sp³-hybridized carbons (Fsp3) is 0.471. The number of likely N-dealkylation sites (N-methyl/N-ethyl adjacent to an activating group) is 1. The van der Waals surface area contributed by atoms with Gasteiger partial charge in [-0.15, -0.1) is 0 Å². The number of likely N-dealkylation sites (tertiary alicyclic amines) is 1. The molecule has 1 aliphatic heterocycles. The smallest absolute Gasteiger partial charge is 0.387 e. The summed E-state index contributed by atoms with van der Waals surface area (Å²) in [5.74, 6) is -2.24. The van der Waals surface area contributed by atoms with Gasteiger partial charge in [0.1, 0.15) is 5.75 Å². The Hall–Kier alpha value is -2.71. The van der Waals surface area contributed by atoms with Crippen LogP contribution in [-0.4, -0.2) is 66.0 Å². The van der Waals surface area contributed by atoms with Crippen molar-refractivity contribution < 1.29 is 33.0 Å². The van der Waals surface area contributed by atoms with E-state index in [0.29, 0.717) is 25.9 Å². The number of aliphatic carboxylic acids is 1. The van der Waals surface area contributed by atoms with Crippen LogP contribution < -0.4 is 4.74 Å². The molecule has 0 aliphatic carbocycles. The molecule has 142 valence electrons. The van der Waals surface area contributed by atoms with Crippen LogP contribution in [-0.2, 0) is 9.59 Å². The lowest BCUT2D eigenvalue weighted by atomic mass is 9.97. The van der Waals surface area contributed by atoms with Gasteiger partial charge in [-0.3, -0.25) is 14.4 Å². The quantitative estimate of drug-likeness (QED) is 0.823. The molecule has 1 saturated heterocycles. The number of carbonyl (C=O) groups is 3. The topological polar surface area (TPSA) is 87.2 Å². The van der Waals surface area contributed by atoms with E-state index in [0.717, 1.165) is 0 Å². The van der Waals surface area contributed by atoms with Gasteiger partial charge in [0.15, 0.2) is 0 Å². The summed E-state index contributed by atoms with van der Waals surface area (Å²) in [5, 5.41) is 8.97. The van der Waals surface area contributed by atoms with Crippen molar-refractivity contribution in [1.82, 2.24) is 9.80 Å². The minimum atomic E-state index is -2.99. The summed E-state index contributed by atoms with van der Waals surface area (Å²) < 4.78 is 28.8. The second-order valence-electron chi connectivity index (χ2n) is 6.06. The summed E-state index contributed by atoms with van der Waals surface area (Å²) in [4.78, 5) is 38.3. The minimum Gasteiger partial charge on any atom is -0.481 e. The first-order valence-electron chi connectivity index (χ1n) is 8.09. The molecule has 0 atom stereocenters. The van der Waals surface area contributed by atoms with E-state index in [1.54, 1.807) is 0 Å². The molecule has 1 aliphatic rings. The highest BCUT2D eigenvalue weighted by atomic mass is 19.3. The number of nitrogens with zero attached hydrogens (tertiary/aromatic N) is 2. The summed E-state index contributed by atoms with van der Waals surface area (Å²) in [6.45, 7) is -2.52. The summed E-state index contributed by atoms with van der Waals surface area (Å²) in [5.41, 5.74) is 0.128. The third-order valence-corrected chi connectivity index (χ3v) is 4.22. The number of carboxylic acids is 1. The van der Waals surface area contributed by atoms with Gasteiger partial charge in [0.05, 0.1) is 12.5 Å². The Morgan fingerprint density at radius 3 is 2.54 bits per heavy atom. The van der Waals surface area contributed by atoms with E-state index in [2.05, 4.69) is 4.74 Å². The number of piperidine rings is 1. The van der Waals surface area contributed by atoms with Crippen LogP contribution in [0.15, 0.2) is 24.3 Å². The van der Waals surface area contributed by atoms with Gasteiger partial charge in [0, 0.05) is 25.7 Å². The van der Waals surface area contributed by atoms with E-state index >= 15 is 0 Å². The van der Waals surface area contributed by atoms with Gasteiger partial charge in [-0.25, -0.2) is 0 Å². The summed E-state index contributed by atoms with van der Waals surface area (Å²) in [7, 11) is 1.44. The van der Waals surface area contributed by atoms with Crippen LogP contribution in [0, 0.1) is 5.92 Å². The molecule has 9 heteroatoms. The van der Waals surface area contributed by atoms with Crippen molar-refractivity contribution in [3.05, 3.63) is 29.8 Å². The Bertz CT molecular complexity index is 675. The Kier molecular flexibility index (Phi) is 6.48. The molecule has 0 radical (unpaired) electrons. The molecule has 26 heavy (non-hydrogen) atoms. The lowest BCUT2D eigenvalue weighted by Crippen LogP contribution is -2.45. The van der Waals surface area contributed by atoms with Gasteiger partial charge in [-0.05, 0) is 31.0 Å². The maximum absolute atomic E-state index is 12.4. The van der Waals surface area contributed by atoms with Crippen molar-refractivity contribution in [2.75, 3.05) is 26.7 Å². The number of amides is 2. The van der Waals surface area contributed by atoms with Crippen LogP contribution in [0.2, 0.25) is 0 Å². The first-order chi connectivity index (χ1) is 12.3. The van der Waals surface area contributed by atoms with Crippen molar-refractivity contribution in [2.24, 2.45) is 5.92 Å². The van der Waals surface area contributed by atoms with E-state index in [4.69, 9.17) is 5.11 Å². The number of carboxylic acid groups (broad SMARTS) is 1. The first kappa shape index (κ1) is 19.6. The molecular formula is C17H20F2N2O5. The minimum absolute atomic E-state index is 0.128. The molecule has 1 N–H and O–H groups in total. The van der Waals surface area contributed by atoms with E-state index in [1.807, 2.05) is 0 Å². The number of rotatable bonds is 6. The monoisotopic (exact) mass is 370 g/mol. The van der Waals surface area contributed by atoms with Gasteiger partial charge in [-0.1, -0.05) is 6.07 Å². The van der Waals surface area contributed by atoms with E-state index in [9.17, 15) is 23.2 Å². The van der Waals surface area contributed by atoms with Crippen molar-refractivity contribution in [3.63, 3.8) is 0 Å². The van der Waals surface area contributed by atoms with Crippen molar-refractivity contribution in [1.29, 1.82) is 0 Å². The maximum Gasteiger partial charge on any atom is 0.387 e. The van der Waals surface area contributed by atoms with Crippen LogP contribution in [0.1, 0.15) is 23.2 Å². The van der Waals surface area contributed by atoms with Crippen LogP contribution in [0.25, 0.3) is 0 Å². The zero-order chi connectivity index (χ0) is 19.3. The number of hydrogen-bond acceptors (Lipinski definition) is 4. The van der Waals surface area contributed by atoms with E-state index in [-0.39, 0.29) is 23.8 Å². The van der Waals surface area contributed by atoms with Gasteiger partial charge in [0.25, 0.3) is 5.91 Å². The lowest BCUT2D eigenvalue weighted by Gasteiger charge is -2.31. The van der Waals surface area contributed by atoms with Crippen molar-refractivity contribution in [3.8, 4) is 5.75 Å². The summed E-state index contributed by atoms with van der Waals surface area (Å²) in [6, 6.07) is 5.35. The zero-order valence-corrected chi connectivity index (χ0v) is 14.2. The second kappa shape index (κ2) is 8.59. The molecule has 0 saturated carbocycles. The maximum atomic E-state index is 12.4. The van der Waals surface area contributed by atoms with Gasteiger partial charge in [0.2, 0.25) is 5.91 Å². The highest BCUT2D eigenvalue weighted by Crippen LogP contribution is 2.19. The number of hydrogen-bond donors (Lipinski definition) is 1. The largest absolute Gasteiger partial charge is 0.481 e. The normalized spacial score (nSPS) is 15.0. The van der Waals surface area contributed by atoms with Crippen LogP contribution in [0.5, 0.6) is 5.75 Å². The van der Waals surface area contributed by atoms with E-state index in [1.165, 1.54) is 41.1 Å². The molecule has 2 amide bonds. The predicted octanol–water partition coefficient (Wildman–Crippen LogP) is 1.68. The fourth-order valence-corrected chi connectivity index (χ4v) is 2.78. The number of alkyl halides is 2. The number of carbonyl (C=O) groups excluding carboxylic acids is 2. The third-order valence-electron chi connectivity index (χ3n) is 4.22. The molecule has 0 aromatic heterocycles. The van der Waals surface area contributed by atoms with Crippen LogP contribution in [0.4, 0.5) is 8.78 Å². The molecule has 0 spiro atoms. The van der Waals surface area contributed by atoms with Gasteiger partial charge in [-0.2, -0.15) is 8.78 Å². The zero-order valence-electron chi connectivity index (χ0n) is 14.2. The molecule has 1 aromatic carbocycles. The highest BCUT2D eigenvalue weighted by molar-refractivity contribution is 5.96. The van der Waals surface area contributed by atoms with Crippen LogP contribution >= 0.6 is 0 Å². The van der Waals surface area contributed by atoms with Crippen molar-refractivity contribution >= 4 is 17.8 Å². The number of benzene rings is 1. The molecule has 1 heterocycles. The molecule has 0 unspecified atom stereocenters. The molecule has 0 bridgehead atoms. The molecule has 1 aromatic rings. The lowest BCUT2D eigenvalue weighted by molar-refractivity contribution is -0.145. The number of ether oxygens (including phenoxy) is 1. The highest BCUT2D eigenvalue weighted by Gasteiger charge is 2.28.